The van der Waals surface area contributed by atoms with E-state index in [1.165, 1.54) is 0 Å². The monoisotopic (exact) mass is 292 g/mol. The molecule has 0 spiro atoms. The number of hydrogen-bond acceptors (Lipinski definition) is 4. The summed E-state index contributed by atoms with van der Waals surface area (Å²) in [4.78, 5) is 12.4. The summed E-state index contributed by atoms with van der Waals surface area (Å²) in [5, 5.41) is 6.25. The highest BCUT2D eigenvalue weighted by Crippen LogP contribution is 2.22. The van der Waals surface area contributed by atoms with Crippen molar-refractivity contribution >= 4 is 5.91 Å². The quantitative estimate of drug-likeness (QED) is 0.825. The van der Waals surface area contributed by atoms with Crippen molar-refractivity contribution in [2.45, 2.75) is 24.9 Å². The second-order valence-electron chi connectivity index (χ2n) is 5.31. The summed E-state index contributed by atoms with van der Waals surface area (Å²) in [5.41, 5.74) is 0.478. The van der Waals surface area contributed by atoms with Crippen molar-refractivity contribution in [3.8, 4) is 5.75 Å². The van der Waals surface area contributed by atoms with Gasteiger partial charge >= 0.3 is 0 Å². The molecule has 21 heavy (non-hydrogen) atoms. The first kappa shape index (κ1) is 15.8. The van der Waals surface area contributed by atoms with Crippen LogP contribution in [0.15, 0.2) is 24.3 Å². The highest BCUT2D eigenvalue weighted by atomic mass is 16.5. The maximum Gasteiger partial charge on any atom is 0.252 e. The van der Waals surface area contributed by atoms with Crippen LogP contribution in [0.25, 0.3) is 0 Å². The molecule has 2 rings (SSSR count). The molecule has 1 amide bonds. The number of ether oxygens (including phenoxy) is 2. The third kappa shape index (κ3) is 3.95. The van der Waals surface area contributed by atoms with Gasteiger partial charge in [-0.1, -0.05) is 12.1 Å². The molecule has 5 heteroatoms. The minimum Gasteiger partial charge on any atom is -0.497 e. The van der Waals surface area contributed by atoms with Gasteiger partial charge in [-0.3, -0.25) is 4.79 Å². The van der Waals surface area contributed by atoms with E-state index < -0.39 is 5.60 Å². The lowest BCUT2D eigenvalue weighted by Crippen LogP contribution is -2.54. The number of nitrogens with one attached hydrogen (secondary N) is 2. The van der Waals surface area contributed by atoms with Gasteiger partial charge in [0.05, 0.1) is 7.11 Å². The second-order valence-corrected chi connectivity index (χ2v) is 5.31. The first-order valence-electron chi connectivity index (χ1n) is 7.37. The zero-order valence-corrected chi connectivity index (χ0v) is 12.8. The Kier molecular flexibility index (Phi) is 5.59. The molecule has 0 radical (unpaired) electrons. The largest absolute Gasteiger partial charge is 0.497 e. The van der Waals surface area contributed by atoms with Crippen molar-refractivity contribution in [2.24, 2.45) is 0 Å². The van der Waals surface area contributed by atoms with Crippen LogP contribution in [0, 0.1) is 0 Å². The zero-order valence-electron chi connectivity index (χ0n) is 12.8. The van der Waals surface area contributed by atoms with Gasteiger partial charge in [-0.15, -0.1) is 0 Å². The Labute approximate surface area is 126 Å². The average molecular weight is 292 g/mol. The highest BCUT2D eigenvalue weighted by Gasteiger charge is 2.39. The van der Waals surface area contributed by atoms with Crippen LogP contribution in [-0.4, -0.2) is 45.4 Å². The van der Waals surface area contributed by atoms with Gasteiger partial charge in [-0.25, -0.2) is 0 Å². The molecule has 1 aliphatic rings. The first-order chi connectivity index (χ1) is 10.2. The van der Waals surface area contributed by atoms with Gasteiger partial charge in [0.1, 0.15) is 11.4 Å². The van der Waals surface area contributed by atoms with Crippen molar-refractivity contribution in [2.75, 3.05) is 33.9 Å². The van der Waals surface area contributed by atoms with E-state index in [0.29, 0.717) is 19.4 Å². The average Bonchev–Trinajstić information content (AvgIpc) is 2.55. The minimum atomic E-state index is -0.667. The molecule has 1 fully saturated rings. The number of benzene rings is 1. The van der Waals surface area contributed by atoms with Crippen LogP contribution in [0.3, 0.4) is 0 Å². The van der Waals surface area contributed by atoms with E-state index >= 15 is 0 Å². The molecule has 5 nitrogen and oxygen atoms in total. The molecule has 1 aromatic rings. The number of carbonyl (C=O) groups excluding carboxylic acids is 1. The van der Waals surface area contributed by atoms with E-state index in [9.17, 15) is 4.79 Å². The van der Waals surface area contributed by atoms with Gasteiger partial charge in [0, 0.05) is 13.7 Å². The normalized spacial score (nSPS) is 17.2. The van der Waals surface area contributed by atoms with E-state index in [1.54, 1.807) is 14.2 Å². The van der Waals surface area contributed by atoms with Gasteiger partial charge in [0.15, 0.2) is 0 Å². The zero-order chi connectivity index (χ0) is 15.1. The molecule has 1 aromatic carbocycles. The molecule has 0 saturated carbocycles. The van der Waals surface area contributed by atoms with Crippen LogP contribution in [-0.2, 0) is 16.0 Å². The predicted octanol–water partition coefficient (Wildman–Crippen LogP) is 1.12. The van der Waals surface area contributed by atoms with Gasteiger partial charge in [-0.2, -0.15) is 0 Å². The summed E-state index contributed by atoms with van der Waals surface area (Å²) in [7, 11) is 3.27. The van der Waals surface area contributed by atoms with Crippen LogP contribution in [0.5, 0.6) is 5.75 Å². The van der Waals surface area contributed by atoms with Gasteiger partial charge in [0.2, 0.25) is 0 Å². The van der Waals surface area contributed by atoms with Crippen LogP contribution < -0.4 is 15.4 Å². The Hall–Kier alpha value is -1.59. The lowest BCUT2D eigenvalue weighted by molar-refractivity contribution is -0.146. The molecule has 0 bridgehead atoms. The van der Waals surface area contributed by atoms with Crippen molar-refractivity contribution < 1.29 is 14.3 Å². The van der Waals surface area contributed by atoms with Crippen LogP contribution in [0.1, 0.15) is 18.4 Å². The minimum absolute atomic E-state index is 0.00519. The third-order valence-corrected chi connectivity index (χ3v) is 4.05. The molecule has 1 heterocycles. The molecule has 1 saturated heterocycles. The molecular weight excluding hydrogens is 268 g/mol. The molecule has 0 aromatic heterocycles. The van der Waals surface area contributed by atoms with E-state index in [4.69, 9.17) is 9.47 Å². The number of amides is 1. The predicted molar refractivity (Wildman–Crippen MR) is 81.6 cm³/mol. The fraction of sp³-hybridized carbons (Fsp3) is 0.562. The van der Waals surface area contributed by atoms with Crippen LogP contribution in [0.2, 0.25) is 0 Å². The fourth-order valence-electron chi connectivity index (χ4n) is 2.66. The van der Waals surface area contributed by atoms with Gasteiger partial charge in [-0.05, 0) is 50.0 Å². The van der Waals surface area contributed by atoms with Crippen LogP contribution in [0.4, 0.5) is 0 Å². The lowest BCUT2D eigenvalue weighted by atomic mass is 9.91. The van der Waals surface area contributed by atoms with Crippen molar-refractivity contribution in [1.29, 1.82) is 0 Å². The molecule has 0 atom stereocenters. The van der Waals surface area contributed by atoms with Crippen LogP contribution >= 0.6 is 0 Å². The van der Waals surface area contributed by atoms with Crippen molar-refractivity contribution in [3.63, 3.8) is 0 Å². The second kappa shape index (κ2) is 7.43. The highest BCUT2D eigenvalue weighted by molar-refractivity contribution is 5.85. The Morgan fingerprint density at radius 3 is 2.76 bits per heavy atom. The summed E-state index contributed by atoms with van der Waals surface area (Å²) >= 11 is 0. The number of methoxy groups -OCH3 is 2. The summed E-state index contributed by atoms with van der Waals surface area (Å²) < 4.78 is 10.7. The maximum absolute atomic E-state index is 12.4. The topological polar surface area (TPSA) is 59.6 Å². The number of carbonyl (C=O) groups is 1. The Balaban J connectivity index is 1.85. The van der Waals surface area contributed by atoms with E-state index in [-0.39, 0.29) is 5.91 Å². The van der Waals surface area contributed by atoms with Crippen molar-refractivity contribution in [1.82, 2.24) is 10.6 Å². The standard InChI is InChI=1S/C16H24N2O3/c1-20-14-5-3-4-13(12-14)6-9-18-15(19)16(21-2)7-10-17-11-8-16/h3-5,12,17H,6-11H2,1-2H3,(H,18,19). The fourth-order valence-corrected chi connectivity index (χ4v) is 2.66. The smallest absolute Gasteiger partial charge is 0.252 e. The molecule has 2 N–H and O–H groups in total. The molecule has 0 unspecified atom stereocenters. The Morgan fingerprint density at radius 1 is 1.33 bits per heavy atom. The summed E-state index contributed by atoms with van der Waals surface area (Å²) in [6.07, 6.45) is 2.21. The van der Waals surface area contributed by atoms with E-state index in [0.717, 1.165) is 30.8 Å². The summed E-state index contributed by atoms with van der Waals surface area (Å²) in [6, 6.07) is 7.89. The number of rotatable bonds is 6. The number of hydrogen-bond donors (Lipinski definition) is 2. The summed E-state index contributed by atoms with van der Waals surface area (Å²) in [5.74, 6) is 0.833. The maximum atomic E-state index is 12.4. The van der Waals surface area contributed by atoms with E-state index in [2.05, 4.69) is 10.6 Å². The molecule has 1 aliphatic heterocycles. The van der Waals surface area contributed by atoms with Gasteiger partial charge in [0.25, 0.3) is 5.91 Å². The third-order valence-electron chi connectivity index (χ3n) is 4.05. The Morgan fingerprint density at radius 2 is 2.10 bits per heavy atom. The summed E-state index contributed by atoms with van der Waals surface area (Å²) in [6.45, 7) is 2.23. The van der Waals surface area contributed by atoms with Gasteiger partial charge < -0.3 is 20.1 Å². The molecule has 0 aliphatic carbocycles. The molecule has 116 valence electrons. The first-order valence-corrected chi connectivity index (χ1v) is 7.37. The lowest BCUT2D eigenvalue weighted by Gasteiger charge is -2.34. The Bertz CT molecular complexity index is 470. The van der Waals surface area contributed by atoms with E-state index in [1.807, 2.05) is 24.3 Å². The van der Waals surface area contributed by atoms with Crippen molar-refractivity contribution in [3.05, 3.63) is 29.8 Å². The SMILES string of the molecule is COc1cccc(CCNC(=O)C2(OC)CCNCC2)c1. The number of piperidine rings is 1. The molecular formula is C16H24N2O3.